The number of piperazine rings is 1. The summed E-state index contributed by atoms with van der Waals surface area (Å²) in [5.74, 6) is -1.06. The molecule has 0 spiro atoms. The average Bonchev–Trinajstić information content (AvgIpc) is 3.12. The van der Waals surface area contributed by atoms with Gasteiger partial charge in [-0.15, -0.1) is 0 Å². The fraction of sp³-hybridized carbons (Fsp3) is 0.571. The highest BCUT2D eigenvalue weighted by Gasteiger charge is 2.43. The molecule has 3 amide bonds. The third kappa shape index (κ3) is 6.49. The summed E-state index contributed by atoms with van der Waals surface area (Å²) in [6, 6.07) is 4.59. The zero-order valence-corrected chi connectivity index (χ0v) is 18.8. The van der Waals surface area contributed by atoms with Gasteiger partial charge in [0.2, 0.25) is 11.8 Å². The van der Waals surface area contributed by atoms with E-state index in [0.29, 0.717) is 11.4 Å². The highest BCUT2D eigenvalue weighted by Crippen LogP contribution is 2.27. The van der Waals surface area contributed by atoms with E-state index in [-0.39, 0.29) is 38.6 Å². The van der Waals surface area contributed by atoms with Crippen LogP contribution in [0.5, 0.6) is 0 Å². The first-order valence-electron chi connectivity index (χ1n) is 10.7. The molecule has 2 N–H and O–H groups in total. The Hall–Kier alpha value is -3.09. The van der Waals surface area contributed by atoms with Crippen molar-refractivity contribution < 1.29 is 36.7 Å². The zero-order chi connectivity index (χ0) is 25.0. The molecule has 3 rings (SSSR count). The van der Waals surface area contributed by atoms with Crippen molar-refractivity contribution in [1.29, 1.82) is 0 Å². The van der Waals surface area contributed by atoms with Crippen LogP contribution in [0.4, 0.5) is 33.7 Å². The predicted molar refractivity (Wildman–Crippen MR) is 115 cm³/mol. The van der Waals surface area contributed by atoms with Gasteiger partial charge < -0.3 is 20.3 Å². The lowest BCUT2D eigenvalue weighted by Gasteiger charge is -2.40. The van der Waals surface area contributed by atoms with Crippen LogP contribution in [0, 0.1) is 0 Å². The maximum atomic E-state index is 14.7. The lowest BCUT2D eigenvalue weighted by molar-refractivity contribution is -0.167. The number of carbonyl (C=O) groups is 3. The predicted octanol–water partition coefficient (Wildman–Crippen LogP) is 1.63. The Labute approximate surface area is 194 Å². The van der Waals surface area contributed by atoms with Gasteiger partial charge in [0.15, 0.2) is 6.30 Å². The second-order valence-electron chi connectivity index (χ2n) is 8.24. The maximum Gasteiger partial charge on any atom is 0.414 e. The van der Waals surface area contributed by atoms with Crippen molar-refractivity contribution in [3.63, 3.8) is 0 Å². The number of anilines is 2. The molecule has 0 bridgehead atoms. The van der Waals surface area contributed by atoms with E-state index in [9.17, 15) is 31.9 Å². The molecule has 2 aliphatic rings. The number of carbonyl (C=O) groups excluding carboxylic acids is 3. The van der Waals surface area contributed by atoms with Crippen LogP contribution in [-0.4, -0.2) is 86.7 Å². The zero-order valence-electron chi connectivity index (χ0n) is 18.8. The molecule has 3 atom stereocenters. The van der Waals surface area contributed by atoms with Gasteiger partial charge in [0, 0.05) is 44.9 Å². The molecule has 1 aromatic carbocycles. The van der Waals surface area contributed by atoms with Crippen molar-refractivity contribution in [2.75, 3.05) is 49.1 Å². The number of nitrogens with zero attached hydrogens (tertiary/aromatic N) is 3. The molecule has 0 aliphatic carbocycles. The number of benzene rings is 1. The molecule has 188 valence electrons. The molecular weight excluding hydrogens is 462 g/mol. The molecule has 0 saturated carbocycles. The second-order valence-corrected chi connectivity index (χ2v) is 8.24. The molecule has 9 nitrogen and oxygen atoms in total. The molecule has 2 unspecified atom stereocenters. The summed E-state index contributed by atoms with van der Waals surface area (Å²) < 4.78 is 59.5. The third-order valence-electron chi connectivity index (χ3n) is 5.59. The fourth-order valence-electron chi connectivity index (χ4n) is 3.87. The van der Waals surface area contributed by atoms with E-state index in [1.165, 1.54) is 11.8 Å². The Morgan fingerprint density at radius 3 is 2.29 bits per heavy atom. The smallest absolute Gasteiger partial charge is 0.414 e. The van der Waals surface area contributed by atoms with Crippen LogP contribution in [0.1, 0.15) is 13.8 Å². The van der Waals surface area contributed by atoms with E-state index in [4.69, 9.17) is 4.74 Å². The minimum absolute atomic E-state index is 0.0400. The van der Waals surface area contributed by atoms with Crippen molar-refractivity contribution >= 4 is 29.3 Å². The molecule has 34 heavy (non-hydrogen) atoms. The van der Waals surface area contributed by atoms with Crippen molar-refractivity contribution in [3.8, 4) is 0 Å². The molecule has 2 heterocycles. The summed E-state index contributed by atoms with van der Waals surface area (Å²) in [6.07, 6.45) is -7.36. The standard InChI is InChI=1S/C21H27F4N5O4/c1-13(31)26-9-17-10-30(20(33)34-17)16-5-3-15(4-6-16)28-7-8-29(19(22)12-28)11-18(21(23,24)25)27-14(2)32/h3-6,17-19H,7-12H2,1-2H3,(H,26,31)(H,27,32)/t17?,18?,19-/m1/s1. The van der Waals surface area contributed by atoms with Crippen molar-refractivity contribution in [3.05, 3.63) is 24.3 Å². The monoisotopic (exact) mass is 489 g/mol. The van der Waals surface area contributed by atoms with Gasteiger partial charge in [0.1, 0.15) is 12.1 Å². The molecule has 13 heteroatoms. The number of hydrogen-bond acceptors (Lipinski definition) is 6. The summed E-state index contributed by atoms with van der Waals surface area (Å²) >= 11 is 0. The number of nitrogens with one attached hydrogen (secondary N) is 2. The van der Waals surface area contributed by atoms with Gasteiger partial charge in [-0.2, -0.15) is 13.2 Å². The van der Waals surface area contributed by atoms with E-state index in [2.05, 4.69) is 5.32 Å². The molecular formula is C21H27F4N5O4. The highest BCUT2D eigenvalue weighted by molar-refractivity contribution is 5.90. The molecule has 0 radical (unpaired) electrons. The first-order chi connectivity index (χ1) is 15.9. The molecule has 2 saturated heterocycles. The summed E-state index contributed by atoms with van der Waals surface area (Å²) in [5.41, 5.74) is 1.22. The van der Waals surface area contributed by atoms with E-state index < -0.39 is 43.2 Å². The summed E-state index contributed by atoms with van der Waals surface area (Å²) in [6.45, 7) is 2.33. The summed E-state index contributed by atoms with van der Waals surface area (Å²) in [5, 5.41) is 4.43. The Morgan fingerprint density at radius 2 is 1.74 bits per heavy atom. The van der Waals surface area contributed by atoms with Crippen LogP contribution >= 0.6 is 0 Å². The Bertz CT molecular complexity index is 898. The number of rotatable bonds is 7. The first-order valence-corrected chi connectivity index (χ1v) is 10.7. The van der Waals surface area contributed by atoms with Crippen molar-refractivity contribution in [2.24, 2.45) is 0 Å². The molecule has 2 fully saturated rings. The van der Waals surface area contributed by atoms with E-state index >= 15 is 0 Å². The van der Waals surface area contributed by atoms with Gasteiger partial charge in [-0.3, -0.25) is 19.4 Å². The van der Waals surface area contributed by atoms with Crippen LogP contribution < -0.4 is 20.4 Å². The minimum atomic E-state index is -4.68. The number of amides is 3. The number of cyclic esters (lactones) is 1. The Kier molecular flexibility index (Phi) is 7.85. The number of halogens is 4. The maximum absolute atomic E-state index is 14.7. The van der Waals surface area contributed by atoms with Crippen LogP contribution in [0.25, 0.3) is 0 Å². The number of hydrogen-bond donors (Lipinski definition) is 2. The molecule has 1 aromatic rings. The topological polar surface area (TPSA) is 94.2 Å². The lowest BCUT2D eigenvalue weighted by atomic mass is 10.2. The fourth-order valence-corrected chi connectivity index (χ4v) is 3.87. The van der Waals surface area contributed by atoms with Gasteiger partial charge >= 0.3 is 12.3 Å². The minimum Gasteiger partial charge on any atom is -0.442 e. The summed E-state index contributed by atoms with van der Waals surface area (Å²) in [4.78, 5) is 38.5. The lowest BCUT2D eigenvalue weighted by Crippen LogP contribution is -2.58. The van der Waals surface area contributed by atoms with E-state index in [0.717, 1.165) is 11.8 Å². The van der Waals surface area contributed by atoms with Gasteiger partial charge in [0.25, 0.3) is 0 Å². The normalized spacial score (nSPS) is 22.4. The van der Waals surface area contributed by atoms with Gasteiger partial charge in [0.05, 0.1) is 19.6 Å². The third-order valence-corrected chi connectivity index (χ3v) is 5.59. The summed E-state index contributed by atoms with van der Waals surface area (Å²) in [7, 11) is 0. The van der Waals surface area contributed by atoms with E-state index in [1.807, 2.05) is 5.32 Å². The second kappa shape index (κ2) is 10.5. The number of alkyl halides is 4. The van der Waals surface area contributed by atoms with Gasteiger partial charge in [-0.05, 0) is 24.3 Å². The van der Waals surface area contributed by atoms with Crippen LogP contribution in [0.3, 0.4) is 0 Å². The Balaban J connectivity index is 1.58. The van der Waals surface area contributed by atoms with Crippen LogP contribution in [0.2, 0.25) is 0 Å². The Morgan fingerprint density at radius 1 is 1.09 bits per heavy atom. The number of ether oxygens (including phenoxy) is 1. The molecule has 2 aliphatic heterocycles. The van der Waals surface area contributed by atoms with Crippen molar-refractivity contribution in [1.82, 2.24) is 15.5 Å². The average molecular weight is 489 g/mol. The van der Waals surface area contributed by atoms with Crippen LogP contribution in [-0.2, 0) is 14.3 Å². The highest BCUT2D eigenvalue weighted by atomic mass is 19.4. The van der Waals surface area contributed by atoms with E-state index in [1.54, 1.807) is 29.2 Å². The van der Waals surface area contributed by atoms with Crippen molar-refractivity contribution in [2.45, 2.75) is 38.5 Å². The quantitative estimate of drug-likeness (QED) is 0.447. The van der Waals surface area contributed by atoms with Gasteiger partial charge in [-0.25, -0.2) is 9.18 Å². The molecule has 0 aromatic heterocycles. The van der Waals surface area contributed by atoms with Gasteiger partial charge in [-0.1, -0.05) is 0 Å². The van der Waals surface area contributed by atoms with Crippen LogP contribution in [0.15, 0.2) is 24.3 Å². The largest absolute Gasteiger partial charge is 0.442 e. The SMILES string of the molecule is CC(=O)NCC1CN(c2ccc(N3CCN(CC(NC(C)=O)C(F)(F)F)[C@@H](F)C3)cc2)C(=O)O1. The first kappa shape index (κ1) is 25.5.